The average molecular weight is 315 g/mol. The van der Waals surface area contributed by atoms with Gasteiger partial charge in [-0.25, -0.2) is 0 Å². The van der Waals surface area contributed by atoms with Crippen molar-refractivity contribution in [3.63, 3.8) is 0 Å². The van der Waals surface area contributed by atoms with E-state index in [0.717, 1.165) is 18.6 Å². The first kappa shape index (κ1) is 18.2. The van der Waals surface area contributed by atoms with Crippen LogP contribution in [0.5, 0.6) is 0 Å². The van der Waals surface area contributed by atoms with Crippen LogP contribution >= 0.6 is 11.8 Å². The maximum Gasteiger partial charge on any atom is 0.220 e. The Kier molecular flexibility index (Phi) is 8.61. The second-order valence-corrected chi connectivity index (χ2v) is 6.53. The summed E-state index contributed by atoms with van der Waals surface area (Å²) in [7, 11) is 1.62. The van der Waals surface area contributed by atoms with Gasteiger partial charge in [0.05, 0.1) is 11.2 Å². The van der Waals surface area contributed by atoms with E-state index in [0.29, 0.717) is 26.0 Å². The molecule has 1 rings (SSSR count). The van der Waals surface area contributed by atoms with Gasteiger partial charge in [0.1, 0.15) is 5.78 Å². The fraction of sp³-hybridized carbons (Fsp3) is 0.800. The molecular formula is C15H25NO4S. The van der Waals surface area contributed by atoms with Gasteiger partial charge in [0.15, 0.2) is 5.78 Å². The number of carbonyl (C=O) groups is 3. The summed E-state index contributed by atoms with van der Waals surface area (Å²) in [4.78, 5) is 35.7. The average Bonchev–Trinajstić information content (AvgIpc) is 2.73. The van der Waals surface area contributed by atoms with Crippen LogP contribution in [0.2, 0.25) is 0 Å². The van der Waals surface area contributed by atoms with Gasteiger partial charge < -0.3 is 10.1 Å². The normalized spacial score (nSPS) is 21.8. The van der Waals surface area contributed by atoms with E-state index < -0.39 is 5.92 Å². The zero-order chi connectivity index (χ0) is 15.7. The molecule has 2 atom stereocenters. The third kappa shape index (κ3) is 6.18. The van der Waals surface area contributed by atoms with Crippen molar-refractivity contribution in [1.82, 2.24) is 5.32 Å². The Labute approximate surface area is 130 Å². The number of Topliss-reactive ketones (excluding diaryl/α,β-unsaturated/α-hetero) is 2. The standard InChI is InChI=1S/C15H25NO4S/c1-3-9-21-13-10-12(17)11(15(13)19)5-6-14(18)16-7-4-8-20-2/h11,13H,3-10H2,1-2H3,(H,16,18). The van der Waals surface area contributed by atoms with E-state index in [1.54, 1.807) is 18.9 Å². The SMILES string of the molecule is CCCSC1CC(=O)C(CCC(=O)NCCCOC)C1=O. The number of hydrogen-bond donors (Lipinski definition) is 1. The van der Waals surface area contributed by atoms with Crippen LogP contribution < -0.4 is 5.32 Å². The van der Waals surface area contributed by atoms with E-state index in [9.17, 15) is 14.4 Å². The number of rotatable bonds is 10. The minimum Gasteiger partial charge on any atom is -0.385 e. The van der Waals surface area contributed by atoms with Gasteiger partial charge in [0.2, 0.25) is 5.91 Å². The summed E-state index contributed by atoms with van der Waals surface area (Å²) < 4.78 is 4.89. The number of ketones is 2. The molecule has 1 aliphatic carbocycles. The Morgan fingerprint density at radius 2 is 2.19 bits per heavy atom. The quantitative estimate of drug-likeness (QED) is 0.489. The van der Waals surface area contributed by atoms with Crippen molar-refractivity contribution in [2.24, 2.45) is 5.92 Å². The Hall–Kier alpha value is -0.880. The van der Waals surface area contributed by atoms with Crippen LogP contribution in [0, 0.1) is 5.92 Å². The molecule has 0 bridgehead atoms. The minimum atomic E-state index is -0.566. The molecule has 1 fully saturated rings. The van der Waals surface area contributed by atoms with Gasteiger partial charge in [-0.3, -0.25) is 14.4 Å². The Balaban J connectivity index is 2.29. The van der Waals surface area contributed by atoms with Crippen LogP contribution in [-0.2, 0) is 19.1 Å². The second-order valence-electron chi connectivity index (χ2n) is 5.22. The molecule has 0 spiro atoms. The van der Waals surface area contributed by atoms with E-state index in [2.05, 4.69) is 12.2 Å². The lowest BCUT2D eigenvalue weighted by atomic mass is 10.00. The summed E-state index contributed by atoms with van der Waals surface area (Å²) in [5.74, 6) is 0.253. The highest BCUT2D eigenvalue weighted by molar-refractivity contribution is 8.00. The van der Waals surface area contributed by atoms with Crippen molar-refractivity contribution in [1.29, 1.82) is 0 Å². The lowest BCUT2D eigenvalue weighted by Gasteiger charge is -2.09. The highest BCUT2D eigenvalue weighted by Crippen LogP contribution is 2.31. The molecule has 0 aliphatic heterocycles. The number of carbonyl (C=O) groups excluding carboxylic acids is 3. The molecule has 6 heteroatoms. The monoisotopic (exact) mass is 315 g/mol. The van der Waals surface area contributed by atoms with E-state index in [4.69, 9.17) is 4.74 Å². The Morgan fingerprint density at radius 1 is 1.43 bits per heavy atom. The highest BCUT2D eigenvalue weighted by atomic mass is 32.2. The van der Waals surface area contributed by atoms with Crippen molar-refractivity contribution in [3.8, 4) is 0 Å². The number of hydrogen-bond acceptors (Lipinski definition) is 5. The number of nitrogens with one attached hydrogen (secondary N) is 1. The molecule has 0 heterocycles. The maximum absolute atomic E-state index is 12.1. The molecule has 2 unspecified atom stereocenters. The van der Waals surface area contributed by atoms with Gasteiger partial charge in [-0.05, 0) is 25.0 Å². The molecule has 1 N–H and O–H groups in total. The predicted octanol–water partition coefficient (Wildman–Crippen LogP) is 1.59. The van der Waals surface area contributed by atoms with Gasteiger partial charge in [0, 0.05) is 33.1 Å². The lowest BCUT2D eigenvalue weighted by molar-refractivity contribution is -0.127. The summed E-state index contributed by atoms with van der Waals surface area (Å²) in [5.41, 5.74) is 0. The van der Waals surface area contributed by atoms with Gasteiger partial charge in [-0.15, -0.1) is 0 Å². The topological polar surface area (TPSA) is 72.5 Å². The molecule has 0 aromatic carbocycles. The molecule has 1 aliphatic rings. The van der Waals surface area contributed by atoms with Crippen molar-refractivity contribution >= 4 is 29.2 Å². The van der Waals surface area contributed by atoms with Crippen LogP contribution in [0.15, 0.2) is 0 Å². The molecule has 1 amide bonds. The van der Waals surface area contributed by atoms with Crippen LogP contribution in [0.3, 0.4) is 0 Å². The Morgan fingerprint density at radius 3 is 2.86 bits per heavy atom. The summed E-state index contributed by atoms with van der Waals surface area (Å²) in [6, 6.07) is 0. The molecule has 0 aromatic heterocycles. The first-order chi connectivity index (χ1) is 10.1. The maximum atomic E-state index is 12.1. The third-order valence-electron chi connectivity index (χ3n) is 3.47. The number of ether oxygens (including phenoxy) is 1. The van der Waals surface area contributed by atoms with Crippen LogP contribution in [-0.4, -0.2) is 48.7 Å². The number of amides is 1. The van der Waals surface area contributed by atoms with E-state index in [1.807, 2.05) is 0 Å². The fourth-order valence-electron chi connectivity index (χ4n) is 2.32. The van der Waals surface area contributed by atoms with Crippen LogP contribution in [0.25, 0.3) is 0 Å². The summed E-state index contributed by atoms with van der Waals surface area (Å²) in [5, 5.41) is 2.58. The number of thioether (sulfide) groups is 1. The molecule has 0 saturated heterocycles. The molecular weight excluding hydrogens is 290 g/mol. The second kappa shape index (κ2) is 9.95. The van der Waals surface area contributed by atoms with Crippen molar-refractivity contribution in [2.75, 3.05) is 26.0 Å². The lowest BCUT2D eigenvalue weighted by Crippen LogP contribution is -2.27. The zero-order valence-electron chi connectivity index (χ0n) is 12.9. The van der Waals surface area contributed by atoms with Crippen molar-refractivity contribution < 1.29 is 19.1 Å². The first-order valence-electron chi connectivity index (χ1n) is 7.53. The van der Waals surface area contributed by atoms with Crippen molar-refractivity contribution in [2.45, 2.75) is 44.3 Å². The number of methoxy groups -OCH3 is 1. The first-order valence-corrected chi connectivity index (χ1v) is 8.58. The summed E-state index contributed by atoms with van der Waals surface area (Å²) in [6.07, 6.45) is 2.68. The molecule has 1 saturated carbocycles. The smallest absolute Gasteiger partial charge is 0.220 e. The van der Waals surface area contributed by atoms with E-state index in [-0.39, 0.29) is 29.1 Å². The van der Waals surface area contributed by atoms with Crippen LogP contribution in [0.1, 0.15) is 39.0 Å². The minimum absolute atomic E-state index is 0.000728. The summed E-state index contributed by atoms with van der Waals surface area (Å²) in [6.45, 7) is 3.23. The van der Waals surface area contributed by atoms with Crippen molar-refractivity contribution in [3.05, 3.63) is 0 Å². The fourth-order valence-corrected chi connectivity index (χ4v) is 3.45. The molecule has 5 nitrogen and oxygen atoms in total. The van der Waals surface area contributed by atoms with Crippen LogP contribution in [0.4, 0.5) is 0 Å². The third-order valence-corrected chi connectivity index (χ3v) is 4.91. The van der Waals surface area contributed by atoms with Gasteiger partial charge in [-0.1, -0.05) is 6.92 Å². The van der Waals surface area contributed by atoms with Gasteiger partial charge in [-0.2, -0.15) is 11.8 Å². The Bertz CT molecular complexity index is 373. The summed E-state index contributed by atoms with van der Waals surface area (Å²) >= 11 is 1.57. The molecule has 21 heavy (non-hydrogen) atoms. The zero-order valence-corrected chi connectivity index (χ0v) is 13.7. The molecule has 0 radical (unpaired) electrons. The van der Waals surface area contributed by atoms with Gasteiger partial charge >= 0.3 is 0 Å². The molecule has 0 aromatic rings. The highest BCUT2D eigenvalue weighted by Gasteiger charge is 2.40. The van der Waals surface area contributed by atoms with E-state index >= 15 is 0 Å². The predicted molar refractivity (Wildman–Crippen MR) is 83.4 cm³/mol. The van der Waals surface area contributed by atoms with E-state index in [1.165, 1.54) is 0 Å². The largest absolute Gasteiger partial charge is 0.385 e. The van der Waals surface area contributed by atoms with Gasteiger partial charge in [0.25, 0.3) is 0 Å². The molecule has 120 valence electrons.